The first-order valence-corrected chi connectivity index (χ1v) is 5.29. The molecule has 0 aromatic heterocycles. The van der Waals surface area contributed by atoms with Crippen LogP contribution in [0.15, 0.2) is 18.2 Å². The molecule has 0 radical (unpaired) electrons. The summed E-state index contributed by atoms with van der Waals surface area (Å²) >= 11 is 1.14. The number of carbonyl (C=O) groups is 1. The maximum Gasteiger partial charge on any atom is 0.186 e. The van der Waals surface area contributed by atoms with Crippen LogP contribution in [0, 0.1) is 11.8 Å². The topological polar surface area (TPSA) is 63.3 Å². The highest BCUT2D eigenvalue weighted by Crippen LogP contribution is 2.23. The number of thioether (sulfide) groups is 1. The van der Waals surface area contributed by atoms with Crippen LogP contribution in [0.3, 0.4) is 0 Å². The Bertz CT molecular complexity index is 432. The van der Waals surface area contributed by atoms with Gasteiger partial charge in [0, 0.05) is 6.92 Å². The van der Waals surface area contributed by atoms with E-state index in [0.29, 0.717) is 17.0 Å². The molecule has 0 fully saturated rings. The molecule has 0 atom stereocenters. The van der Waals surface area contributed by atoms with Gasteiger partial charge in [0.1, 0.15) is 0 Å². The molecule has 4 heteroatoms. The molecule has 0 saturated carbocycles. The van der Waals surface area contributed by atoms with Gasteiger partial charge in [-0.3, -0.25) is 4.79 Å². The zero-order valence-corrected chi connectivity index (χ0v) is 9.10. The molecule has 0 amide bonds. The molecule has 0 unspecified atom stereocenters. The highest BCUT2D eigenvalue weighted by Gasteiger charge is 2.00. The molecule has 1 aromatic rings. The van der Waals surface area contributed by atoms with Gasteiger partial charge in [-0.1, -0.05) is 29.7 Å². The number of nitrogens with two attached hydrogens (primary N) is 1. The number of nitrogen functional groups attached to an aromatic ring is 1. The van der Waals surface area contributed by atoms with Crippen molar-refractivity contribution in [3.8, 4) is 17.6 Å². The van der Waals surface area contributed by atoms with Crippen LogP contribution in [0.5, 0.6) is 5.75 Å². The quantitative estimate of drug-likeness (QED) is 0.429. The minimum Gasteiger partial charge on any atom is -0.505 e. The summed E-state index contributed by atoms with van der Waals surface area (Å²) in [6.45, 7) is 1.49. The standard InChI is InChI=1S/C11H11NO2S/c1-8(13)15-7-3-5-9-4-2-6-10(12)11(9)14/h2,4,6,14H,7,12H2,1H3. The van der Waals surface area contributed by atoms with Gasteiger partial charge in [0.25, 0.3) is 0 Å². The SMILES string of the molecule is CC(=O)SCC#Cc1cccc(N)c1O. The average molecular weight is 221 g/mol. The summed E-state index contributed by atoms with van der Waals surface area (Å²) in [5.74, 6) is 5.95. The molecule has 3 nitrogen and oxygen atoms in total. The predicted octanol–water partition coefficient (Wildman–Crippen LogP) is 1.61. The van der Waals surface area contributed by atoms with Crippen LogP contribution in [0.25, 0.3) is 0 Å². The van der Waals surface area contributed by atoms with E-state index in [0.717, 1.165) is 11.8 Å². The molecule has 1 aromatic carbocycles. The van der Waals surface area contributed by atoms with E-state index in [4.69, 9.17) is 5.73 Å². The van der Waals surface area contributed by atoms with Crippen LogP contribution in [0.1, 0.15) is 12.5 Å². The van der Waals surface area contributed by atoms with Gasteiger partial charge < -0.3 is 10.8 Å². The van der Waals surface area contributed by atoms with Crippen molar-refractivity contribution in [2.45, 2.75) is 6.92 Å². The normalized spacial score (nSPS) is 9.13. The van der Waals surface area contributed by atoms with Crippen molar-refractivity contribution in [2.75, 3.05) is 11.5 Å². The van der Waals surface area contributed by atoms with Gasteiger partial charge in [-0.2, -0.15) is 0 Å². The van der Waals surface area contributed by atoms with Crippen LogP contribution in [-0.4, -0.2) is 16.0 Å². The van der Waals surface area contributed by atoms with Crippen LogP contribution < -0.4 is 5.73 Å². The number of rotatable bonds is 1. The van der Waals surface area contributed by atoms with E-state index in [1.807, 2.05) is 0 Å². The zero-order chi connectivity index (χ0) is 11.3. The Balaban J connectivity index is 2.72. The molecule has 0 bridgehead atoms. The summed E-state index contributed by atoms with van der Waals surface area (Å²) in [5.41, 5.74) is 6.29. The lowest BCUT2D eigenvalue weighted by Crippen LogP contribution is -1.87. The largest absolute Gasteiger partial charge is 0.505 e. The van der Waals surface area contributed by atoms with Gasteiger partial charge in [-0.25, -0.2) is 0 Å². The first kappa shape index (κ1) is 11.5. The summed E-state index contributed by atoms with van der Waals surface area (Å²) in [5, 5.41) is 9.53. The van der Waals surface area contributed by atoms with Crippen LogP contribution in [0.4, 0.5) is 5.69 Å². The third kappa shape index (κ3) is 3.56. The number of hydrogen-bond donors (Lipinski definition) is 2. The first-order valence-electron chi connectivity index (χ1n) is 4.31. The minimum absolute atomic E-state index is 0.00201. The van der Waals surface area contributed by atoms with Crippen molar-refractivity contribution < 1.29 is 9.90 Å². The Labute approximate surface area is 92.7 Å². The molecule has 0 aliphatic heterocycles. The number of phenolic OH excluding ortho intramolecular Hbond substituents is 1. The summed E-state index contributed by atoms with van der Waals surface area (Å²) in [6.07, 6.45) is 0. The average Bonchev–Trinajstić information content (AvgIpc) is 2.18. The van der Waals surface area contributed by atoms with Crippen LogP contribution in [-0.2, 0) is 4.79 Å². The summed E-state index contributed by atoms with van der Waals surface area (Å²) in [6, 6.07) is 5.00. The third-order valence-electron chi connectivity index (χ3n) is 1.64. The summed E-state index contributed by atoms with van der Waals surface area (Å²) in [7, 11) is 0. The highest BCUT2D eigenvalue weighted by molar-refractivity contribution is 8.13. The summed E-state index contributed by atoms with van der Waals surface area (Å²) < 4.78 is 0. The van der Waals surface area contributed by atoms with Crippen molar-refractivity contribution in [1.82, 2.24) is 0 Å². The van der Waals surface area contributed by atoms with Crippen molar-refractivity contribution in [1.29, 1.82) is 0 Å². The molecule has 3 N–H and O–H groups in total. The second-order valence-electron chi connectivity index (χ2n) is 2.83. The Morgan fingerprint density at radius 3 is 3.00 bits per heavy atom. The first-order chi connectivity index (χ1) is 7.11. The van der Waals surface area contributed by atoms with Crippen molar-refractivity contribution >= 4 is 22.6 Å². The zero-order valence-electron chi connectivity index (χ0n) is 8.28. The molecular weight excluding hydrogens is 210 g/mol. The number of benzene rings is 1. The molecule has 0 aliphatic carbocycles. The van der Waals surface area contributed by atoms with E-state index in [2.05, 4.69) is 11.8 Å². The Morgan fingerprint density at radius 1 is 1.60 bits per heavy atom. The Kier molecular flexibility index (Phi) is 4.07. The molecule has 0 spiro atoms. The molecule has 0 heterocycles. The van der Waals surface area contributed by atoms with E-state index in [-0.39, 0.29) is 10.9 Å². The molecule has 15 heavy (non-hydrogen) atoms. The van der Waals surface area contributed by atoms with Crippen molar-refractivity contribution in [2.24, 2.45) is 0 Å². The van der Waals surface area contributed by atoms with Gasteiger partial charge >= 0.3 is 0 Å². The molecule has 1 rings (SSSR count). The number of para-hydroxylation sites is 1. The lowest BCUT2D eigenvalue weighted by molar-refractivity contribution is -0.109. The van der Waals surface area contributed by atoms with E-state index >= 15 is 0 Å². The van der Waals surface area contributed by atoms with Gasteiger partial charge in [-0.05, 0) is 12.1 Å². The van der Waals surface area contributed by atoms with E-state index in [1.165, 1.54) is 6.92 Å². The van der Waals surface area contributed by atoms with Crippen molar-refractivity contribution in [3.63, 3.8) is 0 Å². The molecular formula is C11H11NO2S. The van der Waals surface area contributed by atoms with Gasteiger partial charge in [0.15, 0.2) is 10.9 Å². The fourth-order valence-corrected chi connectivity index (χ4v) is 1.28. The number of phenols is 1. The molecule has 78 valence electrons. The second-order valence-corrected chi connectivity index (χ2v) is 3.98. The second kappa shape index (κ2) is 5.32. The smallest absolute Gasteiger partial charge is 0.186 e. The lowest BCUT2D eigenvalue weighted by atomic mass is 10.2. The van der Waals surface area contributed by atoms with Gasteiger partial charge in [0.2, 0.25) is 0 Å². The Morgan fingerprint density at radius 2 is 2.33 bits per heavy atom. The molecule has 0 saturated heterocycles. The number of hydrogen-bond acceptors (Lipinski definition) is 4. The molecule has 0 aliphatic rings. The fraction of sp³-hybridized carbons (Fsp3) is 0.182. The number of aromatic hydroxyl groups is 1. The van der Waals surface area contributed by atoms with Crippen LogP contribution in [0.2, 0.25) is 0 Å². The Hall–Kier alpha value is -1.60. The van der Waals surface area contributed by atoms with Crippen LogP contribution >= 0.6 is 11.8 Å². The number of carbonyl (C=O) groups excluding carboxylic acids is 1. The van der Waals surface area contributed by atoms with E-state index in [9.17, 15) is 9.90 Å². The highest BCUT2D eigenvalue weighted by atomic mass is 32.2. The summed E-state index contributed by atoms with van der Waals surface area (Å²) in [4.78, 5) is 10.6. The minimum atomic E-state index is -0.00201. The monoisotopic (exact) mass is 221 g/mol. The van der Waals surface area contributed by atoms with Crippen molar-refractivity contribution in [3.05, 3.63) is 23.8 Å². The maximum atomic E-state index is 10.6. The van der Waals surface area contributed by atoms with Gasteiger partial charge in [0.05, 0.1) is 17.0 Å². The fourth-order valence-electron chi connectivity index (χ4n) is 0.931. The number of anilines is 1. The van der Waals surface area contributed by atoms with E-state index in [1.54, 1.807) is 18.2 Å². The third-order valence-corrected chi connectivity index (χ3v) is 2.33. The maximum absolute atomic E-state index is 10.6. The van der Waals surface area contributed by atoms with Gasteiger partial charge in [-0.15, -0.1) is 0 Å². The van der Waals surface area contributed by atoms with E-state index < -0.39 is 0 Å². The lowest BCUT2D eigenvalue weighted by Gasteiger charge is -1.99. The predicted molar refractivity (Wildman–Crippen MR) is 62.5 cm³/mol.